The molecule has 0 saturated heterocycles. The molecule has 36 heavy (non-hydrogen) atoms. The minimum atomic E-state index is -0.644. The van der Waals surface area contributed by atoms with E-state index < -0.39 is 11.9 Å². The van der Waals surface area contributed by atoms with Gasteiger partial charge in [0.1, 0.15) is 0 Å². The van der Waals surface area contributed by atoms with Crippen molar-refractivity contribution in [1.29, 1.82) is 0 Å². The molecule has 1 aliphatic heterocycles. The molecule has 0 amide bonds. The number of benzene rings is 2. The predicted octanol–water partition coefficient (Wildman–Crippen LogP) is 6.33. The first kappa shape index (κ1) is 26.1. The molecule has 2 aromatic carbocycles. The molecule has 1 heterocycles. The standard InChI is InChI=1S/C28H29Cl2NO5/c1-5-10-36-28(33)25-15(2)31-21-11-17(16-6-9-23(34-3)24(13-16)35-4)12-22(32)27(21)26(25)19-8-7-18(29)14-20(19)30/h6-9,13-14,17,26,31H,5,10-12H2,1-4H3/t17-,26-/m1/s1. The van der Waals surface area contributed by atoms with Crippen molar-refractivity contribution in [1.82, 2.24) is 5.32 Å². The molecular weight excluding hydrogens is 501 g/mol. The normalized spacial score (nSPS) is 19.6. The molecule has 1 aliphatic carbocycles. The summed E-state index contributed by atoms with van der Waals surface area (Å²) in [6.07, 6.45) is 1.57. The van der Waals surface area contributed by atoms with Gasteiger partial charge in [0.05, 0.1) is 26.4 Å². The van der Waals surface area contributed by atoms with E-state index in [-0.39, 0.29) is 24.7 Å². The van der Waals surface area contributed by atoms with Gasteiger partial charge >= 0.3 is 5.97 Å². The van der Waals surface area contributed by atoms with Crippen molar-refractivity contribution in [2.75, 3.05) is 20.8 Å². The SMILES string of the molecule is CCCOC(=O)C1=C(C)NC2=C(C(=O)C[C@H](c3ccc(OC)c(OC)c3)C2)[C@@H]1c1ccc(Cl)cc1Cl. The van der Waals surface area contributed by atoms with Gasteiger partial charge in [-0.15, -0.1) is 0 Å². The Morgan fingerprint density at radius 3 is 2.47 bits per heavy atom. The summed E-state index contributed by atoms with van der Waals surface area (Å²) in [5.41, 5.74) is 3.99. The summed E-state index contributed by atoms with van der Waals surface area (Å²) in [5, 5.41) is 4.22. The maximum absolute atomic E-state index is 13.7. The highest BCUT2D eigenvalue weighted by Gasteiger charge is 2.42. The molecule has 4 rings (SSSR count). The fourth-order valence-corrected chi connectivity index (χ4v) is 5.49. The fraction of sp³-hybridized carbons (Fsp3) is 0.357. The van der Waals surface area contributed by atoms with Crippen LogP contribution in [0.25, 0.3) is 0 Å². The first-order valence-electron chi connectivity index (χ1n) is 11.9. The number of halogens is 2. The van der Waals surface area contributed by atoms with Gasteiger partial charge in [-0.25, -0.2) is 4.79 Å². The van der Waals surface area contributed by atoms with Gasteiger partial charge in [0.15, 0.2) is 17.3 Å². The third kappa shape index (κ3) is 4.97. The van der Waals surface area contributed by atoms with Crippen LogP contribution in [0.2, 0.25) is 10.0 Å². The van der Waals surface area contributed by atoms with Crippen molar-refractivity contribution in [3.63, 3.8) is 0 Å². The second-order valence-electron chi connectivity index (χ2n) is 8.93. The molecule has 0 fully saturated rings. The lowest BCUT2D eigenvalue weighted by atomic mass is 9.71. The van der Waals surface area contributed by atoms with E-state index in [0.717, 1.165) is 11.3 Å². The van der Waals surface area contributed by atoms with Crippen molar-refractivity contribution in [3.05, 3.63) is 80.1 Å². The van der Waals surface area contributed by atoms with Gasteiger partial charge < -0.3 is 19.5 Å². The second-order valence-corrected chi connectivity index (χ2v) is 9.78. The molecule has 190 valence electrons. The zero-order valence-corrected chi connectivity index (χ0v) is 22.3. The smallest absolute Gasteiger partial charge is 0.336 e. The number of ether oxygens (including phenoxy) is 3. The number of ketones is 1. The molecule has 2 atom stereocenters. The van der Waals surface area contributed by atoms with Crippen LogP contribution in [0, 0.1) is 0 Å². The number of hydrogen-bond acceptors (Lipinski definition) is 6. The van der Waals surface area contributed by atoms with Crippen LogP contribution >= 0.6 is 23.2 Å². The Kier molecular flexibility index (Phi) is 7.96. The van der Waals surface area contributed by atoms with Crippen LogP contribution in [0.15, 0.2) is 58.9 Å². The number of nitrogens with one attached hydrogen (secondary N) is 1. The Bertz CT molecular complexity index is 1270. The van der Waals surface area contributed by atoms with Gasteiger partial charge in [0, 0.05) is 39.4 Å². The summed E-state index contributed by atoms with van der Waals surface area (Å²) in [6, 6.07) is 10.8. The number of allylic oxidation sites excluding steroid dienone is 3. The van der Waals surface area contributed by atoms with Gasteiger partial charge in [0.25, 0.3) is 0 Å². The summed E-state index contributed by atoms with van der Waals surface area (Å²) < 4.78 is 16.3. The van der Waals surface area contributed by atoms with Crippen LogP contribution in [0.5, 0.6) is 11.5 Å². The third-order valence-electron chi connectivity index (χ3n) is 6.64. The highest BCUT2D eigenvalue weighted by atomic mass is 35.5. The zero-order chi connectivity index (χ0) is 26.0. The summed E-state index contributed by atoms with van der Waals surface area (Å²) in [4.78, 5) is 26.9. The summed E-state index contributed by atoms with van der Waals surface area (Å²) in [5.74, 6) is 0.0276. The van der Waals surface area contributed by atoms with Crippen molar-refractivity contribution in [3.8, 4) is 11.5 Å². The molecule has 6 nitrogen and oxygen atoms in total. The number of carbonyl (C=O) groups excluding carboxylic acids is 2. The van der Waals surface area contributed by atoms with E-state index in [4.69, 9.17) is 37.4 Å². The molecule has 1 N–H and O–H groups in total. The molecule has 0 spiro atoms. The molecule has 0 saturated carbocycles. The van der Waals surface area contributed by atoms with E-state index in [1.165, 1.54) is 0 Å². The summed E-state index contributed by atoms with van der Waals surface area (Å²) in [7, 11) is 3.18. The Morgan fingerprint density at radius 2 is 1.81 bits per heavy atom. The van der Waals surface area contributed by atoms with Crippen LogP contribution in [-0.4, -0.2) is 32.6 Å². The molecular formula is C28H29Cl2NO5. The lowest BCUT2D eigenvalue weighted by Crippen LogP contribution is -2.36. The van der Waals surface area contributed by atoms with Gasteiger partial charge in [-0.05, 0) is 61.1 Å². The maximum atomic E-state index is 13.7. The maximum Gasteiger partial charge on any atom is 0.336 e. The van der Waals surface area contributed by atoms with E-state index in [9.17, 15) is 9.59 Å². The van der Waals surface area contributed by atoms with Crippen LogP contribution in [0.4, 0.5) is 0 Å². The quantitative estimate of drug-likeness (QED) is 0.422. The molecule has 2 aliphatic rings. The van der Waals surface area contributed by atoms with Crippen LogP contribution < -0.4 is 14.8 Å². The zero-order valence-electron chi connectivity index (χ0n) is 20.7. The lowest BCUT2D eigenvalue weighted by Gasteiger charge is -2.37. The monoisotopic (exact) mass is 529 g/mol. The van der Waals surface area contributed by atoms with E-state index >= 15 is 0 Å². The van der Waals surface area contributed by atoms with Crippen LogP contribution in [0.1, 0.15) is 56.1 Å². The molecule has 0 bridgehead atoms. The number of methoxy groups -OCH3 is 2. The molecule has 8 heteroatoms. The highest BCUT2D eigenvalue weighted by molar-refractivity contribution is 6.35. The first-order chi connectivity index (χ1) is 17.3. The number of rotatable bonds is 7. The first-order valence-corrected chi connectivity index (χ1v) is 12.6. The van der Waals surface area contributed by atoms with Gasteiger partial charge in [-0.3, -0.25) is 4.79 Å². The number of Topliss-reactive ketones (excluding diaryl/α,β-unsaturated/α-hetero) is 1. The van der Waals surface area contributed by atoms with Gasteiger partial charge in [-0.2, -0.15) is 0 Å². The Balaban J connectivity index is 1.79. The minimum absolute atomic E-state index is 0.0483. The van der Waals surface area contributed by atoms with E-state index in [2.05, 4.69) is 5.32 Å². The predicted molar refractivity (Wildman–Crippen MR) is 140 cm³/mol. The largest absolute Gasteiger partial charge is 0.493 e. The van der Waals surface area contributed by atoms with Crippen molar-refractivity contribution in [2.45, 2.75) is 44.9 Å². The Hall–Kier alpha value is -2.96. The minimum Gasteiger partial charge on any atom is -0.493 e. The van der Waals surface area contributed by atoms with Crippen molar-refractivity contribution >= 4 is 35.0 Å². The number of dihydropyridines is 1. The molecule has 2 aromatic rings. The van der Waals surface area contributed by atoms with E-state index in [0.29, 0.717) is 56.8 Å². The average Bonchev–Trinajstić information content (AvgIpc) is 2.86. The van der Waals surface area contributed by atoms with Crippen molar-refractivity contribution in [2.24, 2.45) is 0 Å². The van der Waals surface area contributed by atoms with Gasteiger partial charge in [-0.1, -0.05) is 42.3 Å². The average molecular weight is 530 g/mol. The van der Waals surface area contributed by atoms with Crippen LogP contribution in [0.3, 0.4) is 0 Å². The van der Waals surface area contributed by atoms with E-state index in [1.54, 1.807) is 32.4 Å². The molecule has 0 unspecified atom stereocenters. The second kappa shape index (κ2) is 11.0. The summed E-state index contributed by atoms with van der Waals surface area (Å²) in [6.45, 7) is 4.05. The topological polar surface area (TPSA) is 73.9 Å². The van der Waals surface area contributed by atoms with Crippen LogP contribution in [-0.2, 0) is 14.3 Å². The van der Waals surface area contributed by atoms with Crippen molar-refractivity contribution < 1.29 is 23.8 Å². The Labute approximate surface area is 221 Å². The van der Waals surface area contributed by atoms with Gasteiger partial charge in [0.2, 0.25) is 0 Å². The number of carbonyl (C=O) groups is 2. The number of esters is 1. The fourth-order valence-electron chi connectivity index (χ4n) is 4.97. The van der Waals surface area contributed by atoms with E-state index in [1.807, 2.05) is 32.0 Å². The Morgan fingerprint density at radius 1 is 1.06 bits per heavy atom. The highest BCUT2D eigenvalue weighted by Crippen LogP contribution is 2.48. The number of hydrogen-bond donors (Lipinski definition) is 1. The molecule has 0 radical (unpaired) electrons. The summed E-state index contributed by atoms with van der Waals surface area (Å²) >= 11 is 12.8. The third-order valence-corrected chi connectivity index (χ3v) is 7.20. The lowest BCUT2D eigenvalue weighted by molar-refractivity contribution is -0.139. The molecule has 0 aromatic heterocycles.